The molecule has 0 radical (unpaired) electrons. The number of hydrogen-bond acceptors (Lipinski definition) is 4. The molecule has 1 aromatic rings. The Kier molecular flexibility index (Phi) is 5.14. The summed E-state index contributed by atoms with van der Waals surface area (Å²) in [6.45, 7) is 8.99. The van der Waals surface area contributed by atoms with Crippen LogP contribution in [-0.4, -0.2) is 35.1 Å². The Balaban J connectivity index is 1.80. The Hall–Kier alpha value is -1.16. The fraction of sp³-hybridized carbons (Fsp3) is 0.733. The molecule has 1 saturated heterocycles. The van der Waals surface area contributed by atoms with Crippen molar-refractivity contribution in [1.82, 2.24) is 15.3 Å². The number of rotatable bonds is 5. The van der Waals surface area contributed by atoms with Crippen LogP contribution in [0.2, 0.25) is 0 Å². The van der Waals surface area contributed by atoms with Gasteiger partial charge in [-0.1, -0.05) is 20.3 Å². The molecule has 4 heteroatoms. The van der Waals surface area contributed by atoms with Crippen LogP contribution in [0, 0.1) is 5.92 Å². The topological polar surface area (TPSA) is 41.0 Å². The highest BCUT2D eigenvalue weighted by atomic mass is 15.3. The average Bonchev–Trinajstić information content (AvgIpc) is 2.48. The molecule has 0 bridgehead atoms. The molecule has 2 unspecified atom stereocenters. The molecule has 1 N–H and O–H groups in total. The highest BCUT2D eigenvalue weighted by Gasteiger charge is 2.22. The molecular weight excluding hydrogens is 236 g/mol. The summed E-state index contributed by atoms with van der Waals surface area (Å²) >= 11 is 0. The van der Waals surface area contributed by atoms with Gasteiger partial charge in [-0.2, -0.15) is 0 Å². The van der Waals surface area contributed by atoms with Crippen molar-refractivity contribution in [1.29, 1.82) is 0 Å². The minimum absolute atomic E-state index is 0.606. The lowest BCUT2D eigenvalue weighted by Crippen LogP contribution is -2.47. The molecule has 2 rings (SSSR count). The molecule has 2 heterocycles. The Labute approximate surface area is 116 Å². The van der Waals surface area contributed by atoms with Crippen molar-refractivity contribution < 1.29 is 0 Å². The van der Waals surface area contributed by atoms with Gasteiger partial charge in [0.15, 0.2) is 0 Å². The van der Waals surface area contributed by atoms with Gasteiger partial charge < -0.3 is 10.2 Å². The monoisotopic (exact) mass is 262 g/mol. The van der Waals surface area contributed by atoms with E-state index in [1.54, 1.807) is 0 Å². The van der Waals surface area contributed by atoms with E-state index in [0.717, 1.165) is 25.0 Å². The molecule has 2 atom stereocenters. The highest BCUT2D eigenvalue weighted by Crippen LogP contribution is 2.17. The SMILES string of the molecule is CCC(C)C(C)NC1CCN(c2ncccn2)CC1. The van der Waals surface area contributed by atoms with Gasteiger partial charge in [0.05, 0.1) is 0 Å². The van der Waals surface area contributed by atoms with Crippen molar-refractivity contribution in [2.75, 3.05) is 18.0 Å². The number of nitrogens with one attached hydrogen (secondary N) is 1. The van der Waals surface area contributed by atoms with Gasteiger partial charge in [-0.3, -0.25) is 0 Å². The first-order valence-corrected chi connectivity index (χ1v) is 7.48. The van der Waals surface area contributed by atoms with Gasteiger partial charge in [0.2, 0.25) is 5.95 Å². The molecule has 106 valence electrons. The van der Waals surface area contributed by atoms with E-state index in [9.17, 15) is 0 Å². The van der Waals surface area contributed by atoms with Crippen LogP contribution in [0.4, 0.5) is 5.95 Å². The Morgan fingerprint density at radius 1 is 1.26 bits per heavy atom. The summed E-state index contributed by atoms with van der Waals surface area (Å²) < 4.78 is 0. The molecule has 1 aliphatic rings. The lowest BCUT2D eigenvalue weighted by Gasteiger charge is -2.35. The quantitative estimate of drug-likeness (QED) is 0.885. The van der Waals surface area contributed by atoms with Crippen molar-refractivity contribution in [3.8, 4) is 0 Å². The fourth-order valence-electron chi connectivity index (χ4n) is 2.59. The van der Waals surface area contributed by atoms with E-state index in [2.05, 4.69) is 41.0 Å². The number of anilines is 1. The summed E-state index contributed by atoms with van der Waals surface area (Å²) in [6, 6.07) is 3.12. The number of piperidine rings is 1. The molecule has 0 saturated carbocycles. The molecule has 0 aliphatic carbocycles. The third-order valence-electron chi connectivity index (χ3n) is 4.33. The maximum absolute atomic E-state index is 4.32. The summed E-state index contributed by atoms with van der Waals surface area (Å²) in [4.78, 5) is 10.9. The van der Waals surface area contributed by atoms with E-state index < -0.39 is 0 Å². The van der Waals surface area contributed by atoms with Crippen LogP contribution in [0.1, 0.15) is 40.0 Å². The second-order valence-electron chi connectivity index (χ2n) is 5.65. The van der Waals surface area contributed by atoms with Crippen LogP contribution in [-0.2, 0) is 0 Å². The van der Waals surface area contributed by atoms with Crippen LogP contribution < -0.4 is 10.2 Å². The minimum Gasteiger partial charge on any atom is -0.341 e. The largest absolute Gasteiger partial charge is 0.341 e. The molecule has 4 nitrogen and oxygen atoms in total. The van der Waals surface area contributed by atoms with E-state index in [-0.39, 0.29) is 0 Å². The average molecular weight is 262 g/mol. The zero-order valence-corrected chi connectivity index (χ0v) is 12.3. The summed E-state index contributed by atoms with van der Waals surface area (Å²) in [5.74, 6) is 1.62. The van der Waals surface area contributed by atoms with Gasteiger partial charge in [0.25, 0.3) is 0 Å². The van der Waals surface area contributed by atoms with Gasteiger partial charge in [-0.15, -0.1) is 0 Å². The van der Waals surface area contributed by atoms with Crippen LogP contribution in [0.3, 0.4) is 0 Å². The maximum Gasteiger partial charge on any atom is 0.225 e. The zero-order valence-electron chi connectivity index (χ0n) is 12.3. The second-order valence-corrected chi connectivity index (χ2v) is 5.65. The van der Waals surface area contributed by atoms with Crippen LogP contribution in [0.15, 0.2) is 18.5 Å². The lowest BCUT2D eigenvalue weighted by molar-refractivity contribution is 0.314. The molecule has 0 spiro atoms. The van der Waals surface area contributed by atoms with Gasteiger partial charge in [0, 0.05) is 37.6 Å². The van der Waals surface area contributed by atoms with Crippen LogP contribution in [0.25, 0.3) is 0 Å². The first kappa shape index (κ1) is 14.3. The van der Waals surface area contributed by atoms with Gasteiger partial charge in [-0.05, 0) is 31.7 Å². The van der Waals surface area contributed by atoms with Crippen LogP contribution >= 0.6 is 0 Å². The molecule has 19 heavy (non-hydrogen) atoms. The van der Waals surface area contributed by atoms with Crippen molar-refractivity contribution in [2.24, 2.45) is 5.92 Å². The minimum atomic E-state index is 0.606. The third-order valence-corrected chi connectivity index (χ3v) is 4.33. The Bertz CT molecular complexity index is 360. The lowest BCUT2D eigenvalue weighted by atomic mass is 9.97. The van der Waals surface area contributed by atoms with Crippen molar-refractivity contribution in [3.05, 3.63) is 18.5 Å². The van der Waals surface area contributed by atoms with Gasteiger partial charge >= 0.3 is 0 Å². The standard InChI is InChI=1S/C15H26N4/c1-4-12(2)13(3)18-14-6-10-19(11-7-14)15-16-8-5-9-17-15/h5,8-9,12-14,18H,4,6-7,10-11H2,1-3H3. The molecular formula is C15H26N4. The van der Waals surface area contributed by atoms with Gasteiger partial charge in [-0.25, -0.2) is 9.97 Å². The Morgan fingerprint density at radius 2 is 1.89 bits per heavy atom. The van der Waals surface area contributed by atoms with Crippen molar-refractivity contribution in [2.45, 2.75) is 52.1 Å². The Morgan fingerprint density at radius 3 is 2.47 bits per heavy atom. The normalized spacial score (nSPS) is 20.3. The van der Waals surface area contributed by atoms with E-state index in [1.165, 1.54) is 19.3 Å². The molecule has 1 fully saturated rings. The fourth-order valence-corrected chi connectivity index (χ4v) is 2.59. The predicted molar refractivity (Wildman–Crippen MR) is 79.3 cm³/mol. The summed E-state index contributed by atoms with van der Waals surface area (Å²) in [5, 5.41) is 3.77. The zero-order chi connectivity index (χ0) is 13.7. The van der Waals surface area contributed by atoms with Crippen LogP contribution in [0.5, 0.6) is 0 Å². The first-order valence-electron chi connectivity index (χ1n) is 7.48. The highest BCUT2D eigenvalue weighted by molar-refractivity contribution is 5.29. The molecule has 1 aliphatic heterocycles. The summed E-state index contributed by atoms with van der Waals surface area (Å²) in [7, 11) is 0. The first-order chi connectivity index (χ1) is 9.20. The molecule has 0 aromatic carbocycles. The van der Waals surface area contributed by atoms with Crippen molar-refractivity contribution in [3.63, 3.8) is 0 Å². The molecule has 0 amide bonds. The third kappa shape index (κ3) is 3.90. The van der Waals surface area contributed by atoms with E-state index in [1.807, 2.05) is 18.5 Å². The van der Waals surface area contributed by atoms with Gasteiger partial charge in [0.1, 0.15) is 0 Å². The summed E-state index contributed by atoms with van der Waals surface area (Å²) in [6.07, 6.45) is 7.23. The second kappa shape index (κ2) is 6.85. The van der Waals surface area contributed by atoms with E-state index >= 15 is 0 Å². The molecule has 1 aromatic heterocycles. The number of aromatic nitrogens is 2. The smallest absolute Gasteiger partial charge is 0.225 e. The van der Waals surface area contributed by atoms with Crippen molar-refractivity contribution >= 4 is 5.95 Å². The van der Waals surface area contributed by atoms with E-state index in [0.29, 0.717) is 12.1 Å². The number of hydrogen-bond donors (Lipinski definition) is 1. The number of nitrogens with zero attached hydrogens (tertiary/aromatic N) is 3. The maximum atomic E-state index is 4.32. The summed E-state index contributed by atoms with van der Waals surface area (Å²) in [5.41, 5.74) is 0. The van der Waals surface area contributed by atoms with E-state index in [4.69, 9.17) is 0 Å². The predicted octanol–water partition coefficient (Wildman–Crippen LogP) is 2.47.